The molecule has 0 spiro atoms. The van der Waals surface area contributed by atoms with E-state index in [1.54, 1.807) is 0 Å². The number of fused-ring (bicyclic) bond motifs is 16. The molecule has 6 aromatic carbocycles. The van der Waals surface area contributed by atoms with Gasteiger partial charge in [0.2, 0.25) is 0 Å². The van der Waals surface area contributed by atoms with E-state index in [2.05, 4.69) is 132 Å². The summed E-state index contributed by atoms with van der Waals surface area (Å²) < 4.78 is 11.1. The number of nitrogens with zero attached hydrogens (tertiary/aromatic N) is 5. The number of ether oxygens (including phenoxy) is 1. The Hall–Kier alpha value is -6.13. The van der Waals surface area contributed by atoms with Crippen molar-refractivity contribution < 1.29 is 25.2 Å². The molecule has 0 saturated carbocycles. The van der Waals surface area contributed by atoms with Crippen LogP contribution < -0.4 is 4.74 Å². The molecule has 0 bridgehead atoms. The Bertz CT molecular complexity index is 3350. The second kappa shape index (κ2) is 13.0. The van der Waals surface area contributed by atoms with Gasteiger partial charge in [0.25, 0.3) is 0 Å². The third kappa shape index (κ3) is 5.08. The largest absolute Gasteiger partial charge is 2.00 e. The Morgan fingerprint density at radius 2 is 1.07 bits per heavy atom. The van der Waals surface area contributed by atoms with Crippen LogP contribution in [0.1, 0.15) is 50.7 Å². The van der Waals surface area contributed by atoms with Crippen molar-refractivity contribution in [2.24, 2.45) is 0 Å². The summed E-state index contributed by atoms with van der Waals surface area (Å²) >= 11 is 0. The van der Waals surface area contributed by atoms with Gasteiger partial charge in [-0.1, -0.05) is 128 Å². The molecule has 0 radical (unpaired) electrons. The summed E-state index contributed by atoms with van der Waals surface area (Å²) in [5.41, 5.74) is 13.0. The third-order valence-electron chi connectivity index (χ3n) is 11.1. The summed E-state index contributed by atoms with van der Waals surface area (Å²) in [6, 6.07) is 47.7. The van der Waals surface area contributed by atoms with Gasteiger partial charge >= 0.3 is 20.4 Å². The molecule has 56 heavy (non-hydrogen) atoms. The molecule has 0 saturated heterocycles. The van der Waals surface area contributed by atoms with E-state index in [1.165, 1.54) is 22.3 Å². The number of benzene rings is 6. The van der Waals surface area contributed by atoms with Gasteiger partial charge in [-0.25, -0.2) is 0 Å². The van der Waals surface area contributed by atoms with Gasteiger partial charge in [-0.05, 0) is 81.3 Å². The second-order valence-electron chi connectivity index (χ2n) is 15.1. The van der Waals surface area contributed by atoms with Crippen molar-refractivity contribution in [2.75, 3.05) is 0 Å². The van der Waals surface area contributed by atoms with E-state index in [0.29, 0.717) is 23.3 Å². The van der Waals surface area contributed by atoms with Crippen molar-refractivity contribution in [3.05, 3.63) is 151 Å². The van der Waals surface area contributed by atoms with Gasteiger partial charge in [0.1, 0.15) is 0 Å². The standard InChI is InChI=1S/C49H35N5O.Pd/c1-28(2)33-10-9-11-34(29(3)4)47(33)30-16-19-37-35-20-17-31(25-39(35)48-51-41-12-5-7-14-43(41)53(48)45(37)24-30)55-32-18-21-36-38-22-23-50-27-46(38)54-44-15-8-6-13-42(44)52-49(54)40(36)26-32;/h5-24,27-29H,1-4H3;/q-2;+2. The van der Waals surface area contributed by atoms with E-state index in [4.69, 9.17) is 14.7 Å². The molecule has 6 nitrogen and oxygen atoms in total. The zero-order chi connectivity index (χ0) is 36.9. The summed E-state index contributed by atoms with van der Waals surface area (Å²) in [6.07, 6.45) is 3.74. The van der Waals surface area contributed by atoms with Crippen molar-refractivity contribution in [3.63, 3.8) is 0 Å². The molecule has 0 N–H and O–H groups in total. The summed E-state index contributed by atoms with van der Waals surface area (Å²) in [4.78, 5) is 14.7. The fourth-order valence-electron chi connectivity index (χ4n) is 8.64. The summed E-state index contributed by atoms with van der Waals surface area (Å²) in [5.74, 6) is 1.97. The zero-order valence-corrected chi connectivity index (χ0v) is 32.8. The SMILES string of the molecule is CC(C)c1cccc(C(C)C)c1-c1ccc2c3ccc(Oc4[c-]c5c(cc4)c4ccncc4n4c6ccccc6nc54)[c-]c3c3nc4ccccc4n3c2c1.[Pd+2]. The van der Waals surface area contributed by atoms with Crippen LogP contribution in [0.4, 0.5) is 0 Å². The van der Waals surface area contributed by atoms with Crippen molar-refractivity contribution in [3.8, 4) is 22.6 Å². The minimum Gasteiger partial charge on any atom is -0.497 e. The van der Waals surface area contributed by atoms with Crippen molar-refractivity contribution in [1.82, 2.24) is 23.8 Å². The average molecular weight is 816 g/mol. The van der Waals surface area contributed by atoms with Crippen LogP contribution in [-0.2, 0) is 20.4 Å². The first-order chi connectivity index (χ1) is 26.9. The maximum absolute atomic E-state index is 6.62. The molecule has 5 aromatic heterocycles. The molecule has 7 heteroatoms. The van der Waals surface area contributed by atoms with Crippen LogP contribution in [0, 0.1) is 12.1 Å². The maximum Gasteiger partial charge on any atom is 2.00 e. The normalized spacial score (nSPS) is 12.1. The van der Waals surface area contributed by atoms with Crippen LogP contribution >= 0.6 is 0 Å². The first-order valence-corrected chi connectivity index (χ1v) is 18.9. The molecule has 11 rings (SSSR count). The van der Waals surface area contributed by atoms with Crippen LogP contribution in [0.3, 0.4) is 0 Å². The fraction of sp³-hybridized carbons (Fsp3) is 0.122. The van der Waals surface area contributed by atoms with Gasteiger partial charge in [-0.3, -0.25) is 15.0 Å². The van der Waals surface area contributed by atoms with E-state index in [-0.39, 0.29) is 20.4 Å². The van der Waals surface area contributed by atoms with Gasteiger partial charge in [0.05, 0.1) is 38.9 Å². The summed E-state index contributed by atoms with van der Waals surface area (Å²) in [7, 11) is 0. The molecule has 0 fully saturated rings. The average Bonchev–Trinajstić information content (AvgIpc) is 3.81. The summed E-state index contributed by atoms with van der Waals surface area (Å²) in [6.45, 7) is 9.13. The second-order valence-corrected chi connectivity index (χ2v) is 15.1. The Kier molecular flexibility index (Phi) is 7.97. The van der Waals surface area contributed by atoms with Crippen LogP contribution in [0.5, 0.6) is 11.5 Å². The molecule has 0 aliphatic carbocycles. The smallest absolute Gasteiger partial charge is 0.497 e. The molecule has 11 aromatic rings. The molecule has 0 aliphatic heterocycles. The number of aromatic nitrogens is 5. The van der Waals surface area contributed by atoms with E-state index >= 15 is 0 Å². The van der Waals surface area contributed by atoms with Crippen LogP contribution in [-0.4, -0.2) is 23.8 Å². The molecular weight excluding hydrogens is 781 g/mol. The first-order valence-electron chi connectivity index (χ1n) is 18.9. The Morgan fingerprint density at radius 1 is 0.536 bits per heavy atom. The topological polar surface area (TPSA) is 56.7 Å². The number of imidazole rings is 2. The third-order valence-corrected chi connectivity index (χ3v) is 11.1. The minimum atomic E-state index is 0. The van der Waals surface area contributed by atoms with E-state index in [0.717, 1.165) is 76.7 Å². The number of hydrogen-bond donors (Lipinski definition) is 0. The van der Waals surface area contributed by atoms with Crippen LogP contribution in [0.2, 0.25) is 0 Å². The predicted octanol–water partition coefficient (Wildman–Crippen LogP) is 12.6. The number of rotatable bonds is 5. The van der Waals surface area contributed by atoms with Crippen molar-refractivity contribution in [2.45, 2.75) is 39.5 Å². The fourth-order valence-corrected chi connectivity index (χ4v) is 8.64. The van der Waals surface area contributed by atoms with Gasteiger partial charge in [0.15, 0.2) is 0 Å². The van der Waals surface area contributed by atoms with Crippen LogP contribution in [0.25, 0.3) is 87.8 Å². The Balaban J connectivity index is 0.00000384. The molecule has 272 valence electrons. The van der Waals surface area contributed by atoms with Gasteiger partial charge < -0.3 is 13.5 Å². The van der Waals surface area contributed by atoms with Gasteiger partial charge in [0, 0.05) is 29.4 Å². The number of pyridine rings is 3. The quantitative estimate of drug-likeness (QED) is 0.0986. The monoisotopic (exact) mass is 815 g/mol. The molecule has 0 amide bonds. The number of para-hydroxylation sites is 4. The van der Waals surface area contributed by atoms with E-state index < -0.39 is 0 Å². The molecule has 0 unspecified atom stereocenters. The Morgan fingerprint density at radius 3 is 1.66 bits per heavy atom. The minimum absolute atomic E-state index is 0. The molecule has 0 aliphatic rings. The molecule has 5 heterocycles. The first kappa shape index (κ1) is 34.4. The predicted molar refractivity (Wildman–Crippen MR) is 225 cm³/mol. The van der Waals surface area contributed by atoms with Crippen LogP contribution in [0.15, 0.2) is 128 Å². The van der Waals surface area contributed by atoms with E-state index in [1.807, 2.05) is 48.8 Å². The van der Waals surface area contributed by atoms with Gasteiger partial charge in [-0.2, -0.15) is 0 Å². The Labute approximate surface area is 337 Å². The molecule has 0 atom stereocenters. The molecular formula is C49H35N5OPd. The zero-order valence-electron chi connectivity index (χ0n) is 31.2. The number of hydrogen-bond acceptors (Lipinski definition) is 4. The van der Waals surface area contributed by atoms with Crippen molar-refractivity contribution >= 4 is 76.7 Å². The van der Waals surface area contributed by atoms with Crippen molar-refractivity contribution in [1.29, 1.82) is 0 Å². The van der Waals surface area contributed by atoms with E-state index in [9.17, 15) is 0 Å². The van der Waals surface area contributed by atoms with Gasteiger partial charge in [-0.15, -0.1) is 12.1 Å². The summed E-state index contributed by atoms with van der Waals surface area (Å²) in [5, 5.41) is 6.13. The maximum atomic E-state index is 6.62.